The highest BCUT2D eigenvalue weighted by atomic mass is 16.5. The summed E-state index contributed by atoms with van der Waals surface area (Å²) in [5.41, 5.74) is 0.980. The van der Waals surface area contributed by atoms with Crippen LogP contribution >= 0.6 is 0 Å². The number of fused-ring (bicyclic) bond motifs is 1. The number of hydrogen-bond acceptors (Lipinski definition) is 3. The van der Waals surface area contributed by atoms with Gasteiger partial charge < -0.3 is 15.0 Å². The van der Waals surface area contributed by atoms with Crippen molar-refractivity contribution in [1.82, 2.24) is 10.2 Å². The molecule has 2 fully saturated rings. The van der Waals surface area contributed by atoms with Crippen molar-refractivity contribution in [1.29, 1.82) is 5.26 Å². The first-order valence-corrected chi connectivity index (χ1v) is 8.41. The van der Waals surface area contributed by atoms with E-state index < -0.39 is 0 Å². The van der Waals surface area contributed by atoms with Gasteiger partial charge in [0.15, 0.2) is 6.61 Å². The fraction of sp³-hybridized carbons (Fsp3) is 0.556. The molecule has 0 aromatic heterocycles. The molecule has 2 amide bonds. The highest BCUT2D eigenvalue weighted by molar-refractivity contribution is 5.74. The standard InChI is InChI=1S/C18H23N3O2/c19-9-11-23-16-7-1-4-14(12-16)13-20-18(22)21-10-3-6-15-5-2-8-17(15)21/h1,4,7,12,15,17H,2-3,5-6,8,10-11,13H2,(H,20,22)/t15-,17+/m1/s1. The Bertz CT molecular complexity index is 596. The molecule has 122 valence electrons. The molecule has 0 unspecified atom stereocenters. The van der Waals surface area contributed by atoms with Crippen LogP contribution < -0.4 is 10.1 Å². The summed E-state index contributed by atoms with van der Waals surface area (Å²) in [4.78, 5) is 14.6. The van der Waals surface area contributed by atoms with Crippen molar-refractivity contribution in [2.24, 2.45) is 5.92 Å². The zero-order valence-electron chi connectivity index (χ0n) is 13.3. The van der Waals surface area contributed by atoms with E-state index in [-0.39, 0.29) is 12.6 Å². The summed E-state index contributed by atoms with van der Waals surface area (Å²) in [5, 5.41) is 11.6. The van der Waals surface area contributed by atoms with E-state index in [9.17, 15) is 4.79 Å². The van der Waals surface area contributed by atoms with Crippen molar-refractivity contribution >= 4 is 6.03 Å². The summed E-state index contributed by atoms with van der Waals surface area (Å²) in [7, 11) is 0. The van der Waals surface area contributed by atoms with Crippen molar-refractivity contribution in [2.45, 2.75) is 44.7 Å². The van der Waals surface area contributed by atoms with Gasteiger partial charge in [-0.25, -0.2) is 4.79 Å². The average Bonchev–Trinajstić information content (AvgIpc) is 3.07. The van der Waals surface area contributed by atoms with Gasteiger partial charge >= 0.3 is 6.03 Å². The molecule has 1 N–H and O–H groups in total. The highest BCUT2D eigenvalue weighted by Gasteiger charge is 2.37. The quantitative estimate of drug-likeness (QED) is 0.929. The summed E-state index contributed by atoms with van der Waals surface area (Å²) >= 11 is 0. The Balaban J connectivity index is 1.55. The molecular formula is C18H23N3O2. The lowest BCUT2D eigenvalue weighted by Gasteiger charge is -2.37. The van der Waals surface area contributed by atoms with Gasteiger partial charge in [0.2, 0.25) is 0 Å². The van der Waals surface area contributed by atoms with E-state index in [1.807, 2.05) is 35.2 Å². The van der Waals surface area contributed by atoms with Crippen LogP contribution in [-0.4, -0.2) is 30.1 Å². The summed E-state index contributed by atoms with van der Waals surface area (Å²) in [6.07, 6.45) is 6.05. The molecule has 23 heavy (non-hydrogen) atoms. The summed E-state index contributed by atoms with van der Waals surface area (Å²) < 4.78 is 5.29. The first-order chi connectivity index (χ1) is 11.3. The topological polar surface area (TPSA) is 65.4 Å². The molecule has 1 heterocycles. The van der Waals surface area contributed by atoms with Crippen LogP contribution in [0.4, 0.5) is 4.79 Å². The molecule has 2 aliphatic rings. The molecule has 1 saturated carbocycles. The van der Waals surface area contributed by atoms with Gasteiger partial charge in [-0.05, 0) is 49.3 Å². The van der Waals surface area contributed by atoms with Gasteiger partial charge in [0.05, 0.1) is 0 Å². The summed E-state index contributed by atoms with van der Waals surface area (Å²) in [5.74, 6) is 1.37. The third-order valence-corrected chi connectivity index (χ3v) is 4.90. The zero-order valence-corrected chi connectivity index (χ0v) is 13.3. The second kappa shape index (κ2) is 7.36. The van der Waals surface area contributed by atoms with E-state index in [0.29, 0.717) is 24.3 Å². The second-order valence-corrected chi connectivity index (χ2v) is 6.35. The van der Waals surface area contributed by atoms with Crippen LogP contribution in [0.5, 0.6) is 5.75 Å². The number of piperidine rings is 1. The molecule has 1 aliphatic carbocycles. The van der Waals surface area contributed by atoms with Crippen LogP contribution in [-0.2, 0) is 6.54 Å². The SMILES string of the molecule is N#CCOc1cccc(CNC(=O)N2CCC[C@H]3CCC[C@@H]32)c1. The van der Waals surface area contributed by atoms with E-state index in [2.05, 4.69) is 5.32 Å². The molecule has 1 aromatic rings. The molecule has 0 radical (unpaired) electrons. The number of amides is 2. The van der Waals surface area contributed by atoms with Gasteiger partial charge in [-0.3, -0.25) is 0 Å². The Morgan fingerprint density at radius 1 is 1.35 bits per heavy atom. The van der Waals surface area contributed by atoms with Gasteiger partial charge in [-0.1, -0.05) is 18.6 Å². The van der Waals surface area contributed by atoms with Crippen LogP contribution in [0.1, 0.15) is 37.7 Å². The maximum atomic E-state index is 12.5. The number of nitriles is 1. The second-order valence-electron chi connectivity index (χ2n) is 6.35. The van der Waals surface area contributed by atoms with E-state index in [1.165, 1.54) is 19.3 Å². The number of ether oxygens (including phenoxy) is 1. The molecule has 0 bridgehead atoms. The predicted octanol–water partition coefficient (Wildman–Crippen LogP) is 3.06. The molecule has 0 spiro atoms. The lowest BCUT2D eigenvalue weighted by molar-refractivity contribution is 0.128. The fourth-order valence-corrected chi connectivity index (χ4v) is 3.85. The van der Waals surface area contributed by atoms with Crippen molar-refractivity contribution in [2.75, 3.05) is 13.2 Å². The number of nitrogens with zero attached hydrogens (tertiary/aromatic N) is 2. The average molecular weight is 313 g/mol. The summed E-state index contributed by atoms with van der Waals surface area (Å²) in [6.45, 7) is 1.39. The third-order valence-electron chi connectivity index (χ3n) is 4.90. The Morgan fingerprint density at radius 2 is 2.22 bits per heavy atom. The Labute approximate surface area is 137 Å². The van der Waals surface area contributed by atoms with Gasteiger partial charge in [0.1, 0.15) is 11.8 Å². The molecular weight excluding hydrogens is 290 g/mol. The first kappa shape index (κ1) is 15.7. The first-order valence-electron chi connectivity index (χ1n) is 8.41. The van der Waals surface area contributed by atoms with E-state index in [4.69, 9.17) is 10.00 Å². The van der Waals surface area contributed by atoms with Gasteiger partial charge in [-0.2, -0.15) is 5.26 Å². The number of carbonyl (C=O) groups is 1. The van der Waals surface area contributed by atoms with Gasteiger partial charge in [0, 0.05) is 19.1 Å². The zero-order chi connectivity index (χ0) is 16.1. The minimum Gasteiger partial charge on any atom is -0.479 e. The molecule has 3 rings (SSSR count). The molecule has 1 saturated heterocycles. The maximum absolute atomic E-state index is 12.5. The Hall–Kier alpha value is -2.22. The van der Waals surface area contributed by atoms with Crippen LogP contribution in [0.3, 0.4) is 0 Å². The number of hydrogen-bond donors (Lipinski definition) is 1. The van der Waals surface area contributed by atoms with Crippen molar-refractivity contribution in [3.8, 4) is 11.8 Å². The highest BCUT2D eigenvalue weighted by Crippen LogP contribution is 2.36. The number of benzene rings is 1. The number of nitrogens with one attached hydrogen (secondary N) is 1. The number of rotatable bonds is 4. The van der Waals surface area contributed by atoms with Crippen LogP contribution in [0.25, 0.3) is 0 Å². The smallest absolute Gasteiger partial charge is 0.317 e. The molecule has 1 aliphatic heterocycles. The largest absolute Gasteiger partial charge is 0.479 e. The Morgan fingerprint density at radius 3 is 3.09 bits per heavy atom. The van der Waals surface area contributed by atoms with Gasteiger partial charge in [-0.15, -0.1) is 0 Å². The van der Waals surface area contributed by atoms with Crippen LogP contribution in [0.2, 0.25) is 0 Å². The third kappa shape index (κ3) is 3.76. The molecule has 5 nitrogen and oxygen atoms in total. The van der Waals surface area contributed by atoms with Gasteiger partial charge in [0.25, 0.3) is 0 Å². The number of urea groups is 1. The Kier molecular flexibility index (Phi) is 5.02. The maximum Gasteiger partial charge on any atom is 0.317 e. The predicted molar refractivity (Wildman–Crippen MR) is 86.9 cm³/mol. The molecule has 5 heteroatoms. The van der Waals surface area contributed by atoms with Crippen molar-refractivity contribution < 1.29 is 9.53 Å². The molecule has 2 atom stereocenters. The monoisotopic (exact) mass is 313 g/mol. The van der Waals surface area contributed by atoms with Crippen LogP contribution in [0, 0.1) is 17.2 Å². The fourth-order valence-electron chi connectivity index (χ4n) is 3.85. The lowest BCUT2D eigenvalue weighted by Crippen LogP contribution is -2.50. The van der Waals surface area contributed by atoms with Crippen LogP contribution in [0.15, 0.2) is 24.3 Å². The number of carbonyl (C=O) groups excluding carboxylic acids is 1. The van der Waals surface area contributed by atoms with Crippen molar-refractivity contribution in [3.63, 3.8) is 0 Å². The summed E-state index contributed by atoms with van der Waals surface area (Å²) in [6, 6.07) is 9.95. The minimum atomic E-state index is 0.0344. The van der Waals surface area contributed by atoms with E-state index >= 15 is 0 Å². The minimum absolute atomic E-state index is 0.0344. The lowest BCUT2D eigenvalue weighted by atomic mass is 9.92. The van der Waals surface area contributed by atoms with E-state index in [0.717, 1.165) is 24.9 Å². The normalized spacial score (nSPS) is 23.0. The molecule has 1 aromatic carbocycles. The number of likely N-dealkylation sites (tertiary alicyclic amines) is 1. The van der Waals surface area contributed by atoms with E-state index in [1.54, 1.807) is 0 Å². The van der Waals surface area contributed by atoms with Crippen molar-refractivity contribution in [3.05, 3.63) is 29.8 Å².